The zero-order valence-corrected chi connectivity index (χ0v) is 20.5. The van der Waals surface area contributed by atoms with Crippen molar-refractivity contribution >= 4 is 31.1 Å². The summed E-state index contributed by atoms with van der Waals surface area (Å²) in [4.78, 5) is 23.4. The molecule has 4 nitrogen and oxygen atoms in total. The molecule has 0 saturated carbocycles. The molecule has 0 bridgehead atoms. The first-order valence-corrected chi connectivity index (χ1v) is 15.9. The molecule has 19 heteroatoms. The van der Waals surface area contributed by atoms with E-state index in [1.54, 1.807) is 0 Å². The first kappa shape index (κ1) is 33.8. The fourth-order valence-electron chi connectivity index (χ4n) is 2.32. The maximum atomic E-state index is 13.7. The van der Waals surface area contributed by atoms with Crippen molar-refractivity contribution in [3.63, 3.8) is 0 Å². The second-order valence-electron chi connectivity index (χ2n) is 7.19. The summed E-state index contributed by atoms with van der Waals surface area (Å²) in [5.41, 5.74) is 0. The molecule has 0 atom stereocenters. The summed E-state index contributed by atoms with van der Waals surface area (Å²) in [6.45, 7) is 2.61. The van der Waals surface area contributed by atoms with Gasteiger partial charge in [-0.15, -0.1) is 0 Å². The minimum absolute atomic E-state index is 0.0515. The van der Waals surface area contributed by atoms with Gasteiger partial charge in [0.1, 0.15) is 0 Å². The Morgan fingerprint density at radius 3 is 1.03 bits per heavy atom. The van der Waals surface area contributed by atoms with E-state index in [4.69, 9.17) is 0 Å². The molecule has 0 aromatic heterocycles. The maximum absolute atomic E-state index is 13.7. The number of alkyl halides is 14. The quantitative estimate of drug-likeness (QED) is 0.171. The first-order chi connectivity index (χ1) is 15.4. The molecule has 0 fully saturated rings. The summed E-state index contributed by atoms with van der Waals surface area (Å²) in [5.74, 6) is -34.9. The van der Waals surface area contributed by atoms with Gasteiger partial charge in [0.05, 0.1) is 0 Å². The fourth-order valence-corrected chi connectivity index (χ4v) is 12.1. The van der Waals surface area contributed by atoms with Gasteiger partial charge < -0.3 is 0 Å². The zero-order valence-electron chi connectivity index (χ0n) is 17.7. The molecule has 0 radical (unpaired) electrons. The van der Waals surface area contributed by atoms with E-state index < -0.39 is 88.9 Å². The van der Waals surface area contributed by atoms with Crippen LogP contribution in [0.1, 0.15) is 39.5 Å². The van der Waals surface area contributed by atoms with Gasteiger partial charge in [-0.05, 0) is 0 Å². The van der Waals surface area contributed by atoms with Crippen LogP contribution in [-0.2, 0) is 15.7 Å². The van der Waals surface area contributed by atoms with E-state index in [0.29, 0.717) is 0 Å². The monoisotopic (exact) mass is 660 g/mol. The molecule has 0 aliphatic carbocycles. The van der Waals surface area contributed by atoms with Gasteiger partial charge in [0.25, 0.3) is 0 Å². The number of carbonyl (C=O) groups is 2. The van der Waals surface area contributed by atoms with Crippen LogP contribution in [0.3, 0.4) is 0 Å². The number of rotatable bonds is 12. The Balaban J connectivity index is 6.50. The predicted molar refractivity (Wildman–Crippen MR) is 89.3 cm³/mol. The topological polar surface area (TPSA) is 52.6 Å². The van der Waals surface area contributed by atoms with Gasteiger partial charge >= 0.3 is 193 Å². The third kappa shape index (κ3) is 6.95. The zero-order chi connectivity index (χ0) is 28.3. The second kappa shape index (κ2) is 11.0. The van der Waals surface area contributed by atoms with Crippen LogP contribution in [-0.4, -0.2) is 67.2 Å². The van der Waals surface area contributed by atoms with E-state index in [-0.39, 0.29) is 12.8 Å². The number of halogens is 14. The Morgan fingerprint density at radius 2 is 0.829 bits per heavy atom. The summed E-state index contributed by atoms with van der Waals surface area (Å²) in [6.07, 6.45) is -15.0. The van der Waals surface area contributed by atoms with Gasteiger partial charge in [-0.2, -0.15) is 0 Å². The number of hydrogen-bond acceptors (Lipinski definition) is 4. The molecule has 0 heterocycles. The molecule has 208 valence electrons. The molecular weight excluding hydrogens is 641 g/mol. The summed E-state index contributed by atoms with van der Waals surface area (Å²) >= 11 is -6.49. The van der Waals surface area contributed by atoms with E-state index in [0.717, 1.165) is 0 Å². The van der Waals surface area contributed by atoms with Crippen molar-refractivity contribution in [3.8, 4) is 0 Å². The number of unbranched alkanes of at least 4 members (excludes halogenated alkanes) is 2. The molecule has 0 unspecified atom stereocenters. The second-order valence-corrected chi connectivity index (χ2v) is 16.4. The van der Waals surface area contributed by atoms with Crippen molar-refractivity contribution in [1.29, 1.82) is 0 Å². The molecule has 0 rings (SSSR count). The van der Waals surface area contributed by atoms with E-state index >= 15 is 0 Å². The Bertz CT molecular complexity index is 686. The SMILES string of the molecule is CCC[CH2][Sn]([CH2]CCC)([O]C(=O)C(F)(F)C(F)(F)C(F)(F)F)[O]C(=O)C(F)(F)C(F)(F)C(F)(F)F. The standard InChI is InChI=1S/2C4HF7O2.2C4H9.Sn/c2*5-2(6,1(12)13)3(7,8)4(9,10)11;2*1-3-4-2;/h2*(H,12,13);2*1,3-4H2,2H3;/q;;;;+2/p-2. The third-order valence-electron chi connectivity index (χ3n) is 4.39. The average molecular weight is 659 g/mol. The number of hydrogen-bond donors (Lipinski definition) is 0. The molecule has 0 aromatic carbocycles. The van der Waals surface area contributed by atoms with Gasteiger partial charge in [-0.3, -0.25) is 0 Å². The average Bonchev–Trinajstić information content (AvgIpc) is 2.68. The Kier molecular flexibility index (Phi) is 10.6. The van der Waals surface area contributed by atoms with Crippen molar-refractivity contribution in [2.75, 3.05) is 0 Å². The van der Waals surface area contributed by atoms with Crippen LogP contribution < -0.4 is 0 Å². The predicted octanol–water partition coefficient (Wildman–Crippen LogP) is 6.78. The normalized spacial score (nSPS) is 14.6. The van der Waals surface area contributed by atoms with Crippen molar-refractivity contribution in [2.24, 2.45) is 0 Å². The summed E-state index contributed by atoms with van der Waals surface area (Å²) < 4.78 is 188. The molecule has 35 heavy (non-hydrogen) atoms. The number of carbonyl (C=O) groups excluding carboxylic acids is 2. The minimum atomic E-state index is -7.07. The van der Waals surface area contributed by atoms with E-state index in [9.17, 15) is 71.1 Å². The van der Waals surface area contributed by atoms with Crippen molar-refractivity contribution in [1.82, 2.24) is 0 Å². The summed E-state index contributed by atoms with van der Waals surface area (Å²) in [7, 11) is 0. The van der Waals surface area contributed by atoms with Crippen LogP contribution in [0.25, 0.3) is 0 Å². The Labute approximate surface area is 193 Å². The van der Waals surface area contributed by atoms with Gasteiger partial charge in [-0.25, -0.2) is 0 Å². The van der Waals surface area contributed by atoms with Crippen molar-refractivity contribution in [2.45, 2.75) is 84.4 Å². The molecule has 0 saturated heterocycles. The van der Waals surface area contributed by atoms with E-state index in [2.05, 4.69) is 6.15 Å². The molecule has 0 aliphatic heterocycles. The summed E-state index contributed by atoms with van der Waals surface area (Å²) in [5, 5.41) is 0. The molecule has 0 aliphatic rings. The van der Waals surface area contributed by atoms with Crippen LogP contribution in [0.4, 0.5) is 61.5 Å². The molecule has 0 spiro atoms. The van der Waals surface area contributed by atoms with Crippen LogP contribution in [0.5, 0.6) is 0 Å². The third-order valence-corrected chi connectivity index (χ3v) is 13.9. The van der Waals surface area contributed by atoms with Gasteiger partial charge in [0.15, 0.2) is 0 Å². The Hall–Kier alpha value is -1.24. The molecule has 0 aromatic rings. The summed E-state index contributed by atoms with van der Waals surface area (Å²) in [6, 6.07) is 0. The van der Waals surface area contributed by atoms with Crippen molar-refractivity contribution < 1.29 is 77.2 Å². The Morgan fingerprint density at radius 1 is 0.571 bits per heavy atom. The van der Waals surface area contributed by atoms with Crippen LogP contribution in [0, 0.1) is 0 Å². The van der Waals surface area contributed by atoms with Crippen LogP contribution in [0.15, 0.2) is 0 Å². The molecular formula is C16H18F14O4Sn. The van der Waals surface area contributed by atoms with E-state index in [1.165, 1.54) is 13.8 Å². The molecule has 0 N–H and O–H groups in total. The van der Waals surface area contributed by atoms with Crippen LogP contribution >= 0.6 is 0 Å². The van der Waals surface area contributed by atoms with Gasteiger partial charge in [0.2, 0.25) is 0 Å². The fraction of sp³-hybridized carbons (Fsp3) is 0.875. The first-order valence-electron chi connectivity index (χ1n) is 9.49. The van der Waals surface area contributed by atoms with E-state index in [1.807, 2.05) is 0 Å². The van der Waals surface area contributed by atoms with Gasteiger partial charge in [0, 0.05) is 0 Å². The van der Waals surface area contributed by atoms with Crippen LogP contribution in [0.2, 0.25) is 8.87 Å². The molecule has 0 amide bonds. The van der Waals surface area contributed by atoms with Gasteiger partial charge in [-0.1, -0.05) is 0 Å². The van der Waals surface area contributed by atoms with Crippen molar-refractivity contribution in [3.05, 3.63) is 0 Å².